The maximum atomic E-state index is 10.7. The zero-order valence-corrected chi connectivity index (χ0v) is 11.7. The summed E-state index contributed by atoms with van der Waals surface area (Å²) in [5.41, 5.74) is 1.71. The number of fused-ring (bicyclic) bond motifs is 1. The molecule has 1 fully saturated rings. The highest BCUT2D eigenvalue weighted by Crippen LogP contribution is 2.27. The number of ether oxygens (including phenoxy) is 1. The van der Waals surface area contributed by atoms with Crippen LogP contribution in [0.1, 0.15) is 18.6 Å². The molecule has 106 valence electrons. The van der Waals surface area contributed by atoms with Crippen LogP contribution in [0.2, 0.25) is 0 Å². The lowest BCUT2D eigenvalue weighted by atomic mass is 10.00. The lowest BCUT2D eigenvalue weighted by Crippen LogP contribution is -2.44. The molecule has 1 aromatic heterocycles. The molecule has 3 rings (SSSR count). The van der Waals surface area contributed by atoms with Crippen LogP contribution in [0.15, 0.2) is 36.5 Å². The Balaban J connectivity index is 1.90. The Bertz CT molecular complexity index is 582. The molecular formula is C16H20N2O2. The number of hydrogen-bond acceptors (Lipinski definition) is 4. The maximum Gasteiger partial charge on any atom is 0.108 e. The van der Waals surface area contributed by atoms with Gasteiger partial charge in [-0.1, -0.05) is 31.2 Å². The van der Waals surface area contributed by atoms with Crippen molar-refractivity contribution in [3.63, 3.8) is 0 Å². The van der Waals surface area contributed by atoms with Gasteiger partial charge in [0.2, 0.25) is 0 Å². The number of rotatable bonds is 3. The molecule has 1 N–H and O–H groups in total. The summed E-state index contributed by atoms with van der Waals surface area (Å²) in [5.74, 6) is 0. The third-order valence-electron chi connectivity index (χ3n) is 3.96. The van der Waals surface area contributed by atoms with Crippen LogP contribution >= 0.6 is 0 Å². The van der Waals surface area contributed by atoms with Crippen LogP contribution in [0.3, 0.4) is 0 Å². The van der Waals surface area contributed by atoms with Gasteiger partial charge in [0.1, 0.15) is 12.2 Å². The third-order valence-corrected chi connectivity index (χ3v) is 3.96. The van der Waals surface area contributed by atoms with Crippen LogP contribution in [0.5, 0.6) is 0 Å². The van der Waals surface area contributed by atoms with Crippen LogP contribution in [-0.4, -0.2) is 47.3 Å². The molecule has 20 heavy (non-hydrogen) atoms. The number of nitrogens with zero attached hydrogens (tertiary/aromatic N) is 2. The van der Waals surface area contributed by atoms with Crippen molar-refractivity contribution in [1.29, 1.82) is 0 Å². The number of hydrogen-bond donors (Lipinski definition) is 1. The SMILES string of the molecule is CCN1CCOC(C(O)c2cccc3cccnc23)C1. The zero-order chi connectivity index (χ0) is 13.9. The molecule has 0 bridgehead atoms. The van der Waals surface area contributed by atoms with Crippen LogP contribution in [0.4, 0.5) is 0 Å². The van der Waals surface area contributed by atoms with Gasteiger partial charge in [-0.15, -0.1) is 0 Å². The first-order valence-electron chi connectivity index (χ1n) is 7.15. The summed E-state index contributed by atoms with van der Waals surface area (Å²) in [6.45, 7) is 5.50. The Kier molecular flexibility index (Phi) is 3.96. The summed E-state index contributed by atoms with van der Waals surface area (Å²) in [6.07, 6.45) is 0.942. The Morgan fingerprint density at radius 3 is 3.10 bits per heavy atom. The minimum Gasteiger partial charge on any atom is -0.386 e. The minimum absolute atomic E-state index is 0.184. The molecule has 2 aromatic rings. The number of benzene rings is 1. The molecule has 2 atom stereocenters. The van der Waals surface area contributed by atoms with Crippen LogP contribution in [-0.2, 0) is 4.74 Å². The van der Waals surface area contributed by atoms with Gasteiger partial charge in [0.25, 0.3) is 0 Å². The number of likely N-dealkylation sites (N-methyl/N-ethyl adjacent to an activating group) is 1. The van der Waals surface area contributed by atoms with Crippen molar-refractivity contribution in [2.75, 3.05) is 26.2 Å². The van der Waals surface area contributed by atoms with Crippen molar-refractivity contribution < 1.29 is 9.84 Å². The van der Waals surface area contributed by atoms with Gasteiger partial charge in [0, 0.05) is 30.2 Å². The van der Waals surface area contributed by atoms with Crippen molar-refractivity contribution in [1.82, 2.24) is 9.88 Å². The minimum atomic E-state index is -0.636. The molecular weight excluding hydrogens is 252 g/mol. The fourth-order valence-corrected chi connectivity index (χ4v) is 2.78. The molecule has 1 aliphatic rings. The molecule has 1 aromatic carbocycles. The average molecular weight is 272 g/mol. The first-order valence-corrected chi connectivity index (χ1v) is 7.15. The highest BCUT2D eigenvalue weighted by molar-refractivity contribution is 5.81. The van der Waals surface area contributed by atoms with Gasteiger partial charge in [-0.25, -0.2) is 0 Å². The van der Waals surface area contributed by atoms with Crippen molar-refractivity contribution in [2.45, 2.75) is 19.1 Å². The zero-order valence-electron chi connectivity index (χ0n) is 11.7. The predicted octanol–water partition coefficient (Wildman–Crippen LogP) is 1.99. The van der Waals surface area contributed by atoms with E-state index in [2.05, 4.69) is 16.8 Å². The van der Waals surface area contributed by atoms with Crippen LogP contribution in [0, 0.1) is 0 Å². The van der Waals surface area contributed by atoms with E-state index in [0.717, 1.165) is 36.1 Å². The van der Waals surface area contributed by atoms with E-state index in [1.807, 2.05) is 30.3 Å². The van der Waals surface area contributed by atoms with Gasteiger partial charge >= 0.3 is 0 Å². The van der Waals surface area contributed by atoms with Gasteiger partial charge in [0.05, 0.1) is 12.1 Å². The topological polar surface area (TPSA) is 45.6 Å². The standard InChI is InChI=1S/C16H20N2O2/c1-2-18-9-10-20-14(11-18)16(19)13-7-3-5-12-6-4-8-17-15(12)13/h3-8,14,16,19H,2,9-11H2,1H3. The molecule has 0 amide bonds. The fourth-order valence-electron chi connectivity index (χ4n) is 2.78. The number of para-hydroxylation sites is 1. The lowest BCUT2D eigenvalue weighted by Gasteiger charge is -2.34. The number of morpholine rings is 1. The quantitative estimate of drug-likeness (QED) is 0.928. The summed E-state index contributed by atoms with van der Waals surface area (Å²) < 4.78 is 5.76. The predicted molar refractivity (Wildman–Crippen MR) is 78.6 cm³/mol. The molecule has 4 nitrogen and oxygen atoms in total. The average Bonchev–Trinajstić information content (AvgIpc) is 2.53. The Labute approximate surface area is 119 Å². The first-order chi connectivity index (χ1) is 9.79. The molecule has 0 spiro atoms. The molecule has 0 aliphatic carbocycles. The number of aliphatic hydroxyl groups excluding tert-OH is 1. The second-order valence-corrected chi connectivity index (χ2v) is 5.17. The van der Waals surface area contributed by atoms with Gasteiger partial charge in [-0.2, -0.15) is 0 Å². The van der Waals surface area contributed by atoms with E-state index in [4.69, 9.17) is 4.74 Å². The van der Waals surface area contributed by atoms with Gasteiger partial charge < -0.3 is 9.84 Å². The second kappa shape index (κ2) is 5.87. The molecule has 1 aliphatic heterocycles. The fraction of sp³-hybridized carbons (Fsp3) is 0.438. The van der Waals surface area contributed by atoms with Crippen molar-refractivity contribution in [3.8, 4) is 0 Å². The number of pyridine rings is 1. The molecule has 0 radical (unpaired) electrons. The van der Waals surface area contributed by atoms with Gasteiger partial charge in [-0.05, 0) is 12.6 Å². The second-order valence-electron chi connectivity index (χ2n) is 5.17. The summed E-state index contributed by atoms with van der Waals surface area (Å²) in [6, 6.07) is 9.84. The number of aromatic nitrogens is 1. The summed E-state index contributed by atoms with van der Waals surface area (Å²) in [7, 11) is 0. The van der Waals surface area contributed by atoms with E-state index in [9.17, 15) is 5.11 Å². The third kappa shape index (κ3) is 2.54. The molecule has 4 heteroatoms. The molecule has 2 heterocycles. The van der Waals surface area contributed by atoms with Gasteiger partial charge in [0.15, 0.2) is 0 Å². The summed E-state index contributed by atoms with van der Waals surface area (Å²) in [4.78, 5) is 6.71. The largest absolute Gasteiger partial charge is 0.386 e. The van der Waals surface area contributed by atoms with E-state index < -0.39 is 6.10 Å². The Morgan fingerprint density at radius 2 is 2.25 bits per heavy atom. The normalized spacial score (nSPS) is 22.0. The molecule has 0 saturated carbocycles. The Morgan fingerprint density at radius 1 is 1.40 bits per heavy atom. The maximum absolute atomic E-state index is 10.7. The lowest BCUT2D eigenvalue weighted by molar-refractivity contribution is -0.0885. The smallest absolute Gasteiger partial charge is 0.108 e. The van der Waals surface area contributed by atoms with E-state index >= 15 is 0 Å². The van der Waals surface area contributed by atoms with Crippen LogP contribution < -0.4 is 0 Å². The van der Waals surface area contributed by atoms with Crippen LogP contribution in [0.25, 0.3) is 10.9 Å². The van der Waals surface area contributed by atoms with E-state index in [1.54, 1.807) is 6.20 Å². The van der Waals surface area contributed by atoms with Gasteiger partial charge in [-0.3, -0.25) is 9.88 Å². The molecule has 2 unspecified atom stereocenters. The van der Waals surface area contributed by atoms with Crippen molar-refractivity contribution in [2.24, 2.45) is 0 Å². The number of aliphatic hydroxyl groups is 1. The highest BCUT2D eigenvalue weighted by Gasteiger charge is 2.28. The van der Waals surface area contributed by atoms with Crippen molar-refractivity contribution >= 4 is 10.9 Å². The Hall–Kier alpha value is -1.49. The van der Waals surface area contributed by atoms with E-state index in [-0.39, 0.29) is 6.10 Å². The van der Waals surface area contributed by atoms with Crippen molar-refractivity contribution in [3.05, 3.63) is 42.1 Å². The van der Waals surface area contributed by atoms with E-state index in [1.165, 1.54) is 0 Å². The summed E-state index contributed by atoms with van der Waals surface area (Å²) >= 11 is 0. The monoisotopic (exact) mass is 272 g/mol. The molecule has 1 saturated heterocycles. The van der Waals surface area contributed by atoms with E-state index in [0.29, 0.717) is 6.61 Å². The highest BCUT2D eigenvalue weighted by atomic mass is 16.5. The first kappa shape index (κ1) is 13.5. The summed E-state index contributed by atoms with van der Waals surface area (Å²) in [5, 5.41) is 11.7.